The van der Waals surface area contributed by atoms with Crippen molar-refractivity contribution in [2.45, 2.75) is 13.1 Å². The minimum Gasteiger partial charge on any atom is -0.397 e. The third kappa shape index (κ3) is 3.26. The van der Waals surface area contributed by atoms with E-state index in [-0.39, 0.29) is 0 Å². The van der Waals surface area contributed by atoms with E-state index in [1.54, 1.807) is 12.4 Å². The van der Waals surface area contributed by atoms with Crippen molar-refractivity contribution in [3.05, 3.63) is 54.1 Å². The molecule has 4 heteroatoms. The molecular formula is C13H16N4. The van der Waals surface area contributed by atoms with Crippen LogP contribution < -0.4 is 5.73 Å². The molecule has 0 aliphatic carbocycles. The lowest BCUT2D eigenvalue weighted by atomic mass is 10.2. The predicted octanol–water partition coefficient (Wildman–Crippen LogP) is 1.69. The Bertz CT molecular complexity index is 470. The SMILES string of the molecule is CN(Cc1ccccn1)Cc1ncccc1N. The van der Waals surface area contributed by atoms with Gasteiger partial charge >= 0.3 is 0 Å². The van der Waals surface area contributed by atoms with Gasteiger partial charge in [0.25, 0.3) is 0 Å². The molecule has 2 aromatic heterocycles. The van der Waals surface area contributed by atoms with E-state index < -0.39 is 0 Å². The largest absolute Gasteiger partial charge is 0.397 e. The lowest BCUT2D eigenvalue weighted by Gasteiger charge is -2.16. The molecule has 0 spiro atoms. The summed E-state index contributed by atoms with van der Waals surface area (Å²) in [5, 5.41) is 0. The molecule has 2 aromatic rings. The van der Waals surface area contributed by atoms with E-state index >= 15 is 0 Å². The quantitative estimate of drug-likeness (QED) is 0.865. The Labute approximate surface area is 101 Å². The standard InChI is InChI=1S/C13H16N4/c1-17(9-11-5-2-3-7-15-11)10-13-12(14)6-4-8-16-13/h2-8H,9-10,14H2,1H3. The highest BCUT2D eigenvalue weighted by atomic mass is 15.1. The smallest absolute Gasteiger partial charge is 0.0772 e. The summed E-state index contributed by atoms with van der Waals surface area (Å²) in [7, 11) is 2.03. The van der Waals surface area contributed by atoms with Gasteiger partial charge in [-0.1, -0.05) is 6.07 Å². The molecule has 0 aliphatic rings. The van der Waals surface area contributed by atoms with Crippen LogP contribution in [0.5, 0.6) is 0 Å². The Hall–Kier alpha value is -1.94. The molecule has 17 heavy (non-hydrogen) atoms. The van der Waals surface area contributed by atoms with Crippen LogP contribution in [0.25, 0.3) is 0 Å². The van der Waals surface area contributed by atoms with Crippen molar-refractivity contribution in [1.29, 1.82) is 0 Å². The van der Waals surface area contributed by atoms with Gasteiger partial charge in [0.2, 0.25) is 0 Å². The van der Waals surface area contributed by atoms with Crippen molar-refractivity contribution < 1.29 is 0 Å². The second-order valence-corrected chi connectivity index (χ2v) is 4.03. The predicted molar refractivity (Wildman–Crippen MR) is 68.1 cm³/mol. The molecule has 0 saturated heterocycles. The highest BCUT2D eigenvalue weighted by Crippen LogP contribution is 2.10. The summed E-state index contributed by atoms with van der Waals surface area (Å²) in [6, 6.07) is 9.64. The van der Waals surface area contributed by atoms with Crippen LogP contribution in [0.2, 0.25) is 0 Å². The van der Waals surface area contributed by atoms with Crippen LogP contribution in [0, 0.1) is 0 Å². The van der Waals surface area contributed by atoms with Crippen LogP contribution in [0.4, 0.5) is 5.69 Å². The molecule has 0 fully saturated rings. The van der Waals surface area contributed by atoms with E-state index in [0.29, 0.717) is 0 Å². The van der Waals surface area contributed by atoms with Gasteiger partial charge in [-0.2, -0.15) is 0 Å². The zero-order chi connectivity index (χ0) is 12.1. The van der Waals surface area contributed by atoms with E-state index in [1.807, 2.05) is 37.4 Å². The molecule has 2 N–H and O–H groups in total. The molecule has 0 radical (unpaired) electrons. The molecule has 0 aromatic carbocycles. The number of pyridine rings is 2. The Balaban J connectivity index is 1.98. The summed E-state index contributed by atoms with van der Waals surface area (Å²) in [5.74, 6) is 0. The molecule has 0 bridgehead atoms. The van der Waals surface area contributed by atoms with Gasteiger partial charge in [0, 0.05) is 25.5 Å². The Morgan fingerprint density at radius 2 is 1.88 bits per heavy atom. The zero-order valence-electron chi connectivity index (χ0n) is 9.87. The number of aromatic nitrogens is 2. The molecule has 0 saturated carbocycles. The van der Waals surface area contributed by atoms with E-state index in [0.717, 1.165) is 30.2 Å². The van der Waals surface area contributed by atoms with Gasteiger partial charge in [-0.05, 0) is 31.3 Å². The zero-order valence-corrected chi connectivity index (χ0v) is 9.87. The Kier molecular flexibility index (Phi) is 3.67. The van der Waals surface area contributed by atoms with Crippen LogP contribution in [0.15, 0.2) is 42.7 Å². The summed E-state index contributed by atoms with van der Waals surface area (Å²) in [5.41, 5.74) is 8.55. The van der Waals surface area contributed by atoms with Crippen molar-refractivity contribution in [3.63, 3.8) is 0 Å². The van der Waals surface area contributed by atoms with Gasteiger partial charge in [-0.25, -0.2) is 0 Å². The maximum Gasteiger partial charge on any atom is 0.0772 e. The van der Waals surface area contributed by atoms with E-state index in [4.69, 9.17) is 5.73 Å². The first kappa shape index (κ1) is 11.5. The number of hydrogen-bond donors (Lipinski definition) is 1. The lowest BCUT2D eigenvalue weighted by molar-refractivity contribution is 0.312. The fourth-order valence-corrected chi connectivity index (χ4v) is 1.66. The Morgan fingerprint density at radius 1 is 1.06 bits per heavy atom. The molecule has 2 heterocycles. The number of nitrogen functional groups attached to an aromatic ring is 1. The summed E-state index contributed by atoms with van der Waals surface area (Å²) >= 11 is 0. The van der Waals surface area contributed by atoms with Gasteiger partial charge in [0.1, 0.15) is 0 Å². The highest BCUT2D eigenvalue weighted by molar-refractivity contribution is 5.41. The third-order valence-electron chi connectivity index (χ3n) is 2.50. The minimum atomic E-state index is 0.725. The van der Waals surface area contributed by atoms with E-state index in [2.05, 4.69) is 14.9 Å². The summed E-state index contributed by atoms with van der Waals surface area (Å²) in [6.45, 7) is 1.51. The average molecular weight is 228 g/mol. The van der Waals surface area contributed by atoms with Gasteiger partial charge in [-0.3, -0.25) is 14.9 Å². The van der Waals surface area contributed by atoms with Gasteiger partial charge in [-0.15, -0.1) is 0 Å². The van der Waals surface area contributed by atoms with Crippen LogP contribution >= 0.6 is 0 Å². The normalized spacial score (nSPS) is 10.7. The molecule has 0 atom stereocenters. The van der Waals surface area contributed by atoms with Crippen LogP contribution in [0.3, 0.4) is 0 Å². The van der Waals surface area contributed by atoms with Crippen LogP contribution in [-0.4, -0.2) is 21.9 Å². The highest BCUT2D eigenvalue weighted by Gasteiger charge is 2.05. The van der Waals surface area contributed by atoms with Gasteiger partial charge in [0.05, 0.1) is 17.1 Å². The number of nitrogens with two attached hydrogens (primary N) is 1. The number of hydrogen-bond acceptors (Lipinski definition) is 4. The molecule has 0 unspecified atom stereocenters. The second-order valence-electron chi connectivity index (χ2n) is 4.03. The van der Waals surface area contributed by atoms with E-state index in [9.17, 15) is 0 Å². The maximum atomic E-state index is 5.86. The number of rotatable bonds is 4. The fourth-order valence-electron chi connectivity index (χ4n) is 1.66. The number of nitrogens with zero attached hydrogens (tertiary/aromatic N) is 3. The molecule has 4 nitrogen and oxygen atoms in total. The first-order valence-corrected chi connectivity index (χ1v) is 5.53. The monoisotopic (exact) mass is 228 g/mol. The molecule has 2 rings (SSSR count). The van der Waals surface area contributed by atoms with Gasteiger partial charge in [0.15, 0.2) is 0 Å². The number of anilines is 1. The lowest BCUT2D eigenvalue weighted by Crippen LogP contribution is -2.19. The fraction of sp³-hybridized carbons (Fsp3) is 0.231. The maximum absolute atomic E-state index is 5.86. The van der Waals surface area contributed by atoms with Crippen molar-refractivity contribution in [2.75, 3.05) is 12.8 Å². The van der Waals surface area contributed by atoms with Crippen molar-refractivity contribution in [2.24, 2.45) is 0 Å². The van der Waals surface area contributed by atoms with Crippen molar-refractivity contribution in [3.8, 4) is 0 Å². The van der Waals surface area contributed by atoms with Crippen molar-refractivity contribution >= 4 is 5.69 Å². The molecule has 0 amide bonds. The summed E-state index contributed by atoms with van der Waals surface area (Å²) < 4.78 is 0. The minimum absolute atomic E-state index is 0.725. The Morgan fingerprint density at radius 3 is 2.59 bits per heavy atom. The average Bonchev–Trinajstić information content (AvgIpc) is 2.33. The summed E-state index contributed by atoms with van der Waals surface area (Å²) in [6.07, 6.45) is 3.57. The van der Waals surface area contributed by atoms with Gasteiger partial charge < -0.3 is 5.73 Å². The molecule has 0 aliphatic heterocycles. The van der Waals surface area contributed by atoms with Crippen molar-refractivity contribution in [1.82, 2.24) is 14.9 Å². The van der Waals surface area contributed by atoms with Crippen LogP contribution in [-0.2, 0) is 13.1 Å². The molecular weight excluding hydrogens is 212 g/mol. The third-order valence-corrected chi connectivity index (χ3v) is 2.50. The second kappa shape index (κ2) is 5.41. The first-order valence-electron chi connectivity index (χ1n) is 5.53. The molecule has 88 valence electrons. The topological polar surface area (TPSA) is 55.0 Å². The van der Waals surface area contributed by atoms with Crippen LogP contribution in [0.1, 0.15) is 11.4 Å². The first-order chi connectivity index (χ1) is 8.25. The summed E-state index contributed by atoms with van der Waals surface area (Å²) in [4.78, 5) is 10.7. The van der Waals surface area contributed by atoms with E-state index in [1.165, 1.54) is 0 Å².